The van der Waals surface area contributed by atoms with Crippen LogP contribution in [0.25, 0.3) is 0 Å². The van der Waals surface area contributed by atoms with Gasteiger partial charge in [-0.2, -0.15) is 0 Å². The van der Waals surface area contributed by atoms with Crippen molar-refractivity contribution in [3.63, 3.8) is 0 Å². The molecule has 6 nitrogen and oxygen atoms in total. The first-order valence-corrected chi connectivity index (χ1v) is 10.6. The molecular formula is C20H26N2O4S. The number of methoxy groups -OCH3 is 1. The minimum Gasteiger partial charge on any atom is -0.495 e. The van der Waals surface area contributed by atoms with E-state index in [1.165, 1.54) is 11.4 Å². The number of carbonyl (C=O) groups is 1. The highest BCUT2D eigenvalue weighted by Crippen LogP contribution is 2.31. The number of benzene rings is 2. The molecule has 0 atom stereocenters. The van der Waals surface area contributed by atoms with Gasteiger partial charge in [0.15, 0.2) is 0 Å². The van der Waals surface area contributed by atoms with Crippen LogP contribution < -0.4 is 14.4 Å². The van der Waals surface area contributed by atoms with Crippen LogP contribution in [-0.2, 0) is 21.2 Å². The monoisotopic (exact) mass is 390 g/mol. The zero-order valence-corrected chi connectivity index (χ0v) is 17.0. The second-order valence-corrected chi connectivity index (χ2v) is 8.23. The van der Waals surface area contributed by atoms with Gasteiger partial charge in [-0.3, -0.25) is 9.10 Å². The molecule has 27 heavy (non-hydrogen) atoms. The van der Waals surface area contributed by atoms with E-state index in [0.717, 1.165) is 29.5 Å². The first kappa shape index (κ1) is 20.8. The number of aryl methyl sites for hydroxylation is 2. The lowest BCUT2D eigenvalue weighted by atomic mass is 10.1. The Morgan fingerprint density at radius 1 is 1.19 bits per heavy atom. The van der Waals surface area contributed by atoms with E-state index in [4.69, 9.17) is 4.74 Å². The van der Waals surface area contributed by atoms with Crippen LogP contribution in [0.5, 0.6) is 5.75 Å². The van der Waals surface area contributed by atoms with E-state index >= 15 is 0 Å². The third-order valence-electron chi connectivity index (χ3n) is 4.22. The van der Waals surface area contributed by atoms with E-state index in [0.29, 0.717) is 11.4 Å². The topological polar surface area (TPSA) is 75.7 Å². The van der Waals surface area contributed by atoms with Gasteiger partial charge in [-0.25, -0.2) is 8.42 Å². The van der Waals surface area contributed by atoms with E-state index in [-0.39, 0.29) is 18.9 Å². The van der Waals surface area contributed by atoms with E-state index < -0.39 is 10.0 Å². The van der Waals surface area contributed by atoms with E-state index in [9.17, 15) is 13.2 Å². The van der Waals surface area contributed by atoms with Gasteiger partial charge in [0, 0.05) is 18.7 Å². The van der Waals surface area contributed by atoms with E-state index in [2.05, 4.69) is 5.32 Å². The number of hydrogen-bond acceptors (Lipinski definition) is 4. The molecule has 0 aliphatic heterocycles. The van der Waals surface area contributed by atoms with Crippen molar-refractivity contribution in [1.29, 1.82) is 0 Å². The van der Waals surface area contributed by atoms with Gasteiger partial charge >= 0.3 is 0 Å². The number of anilines is 2. The Morgan fingerprint density at radius 3 is 2.52 bits per heavy atom. The standard InChI is InChI=1S/C20H26N2O4S/c1-5-16-8-6-7-9-17(16)21-20(23)12-13-22(27(4,24)25)18-14-15(2)10-11-19(18)26-3/h6-11,14H,5,12-13H2,1-4H3,(H,21,23). The molecule has 1 N–H and O–H groups in total. The molecule has 7 heteroatoms. The molecule has 0 radical (unpaired) electrons. The van der Waals surface area contributed by atoms with Crippen molar-refractivity contribution >= 4 is 27.3 Å². The minimum absolute atomic E-state index is 0.0266. The molecule has 146 valence electrons. The summed E-state index contributed by atoms with van der Waals surface area (Å²) in [6.45, 7) is 3.91. The maximum Gasteiger partial charge on any atom is 0.232 e. The highest BCUT2D eigenvalue weighted by Gasteiger charge is 2.22. The largest absolute Gasteiger partial charge is 0.495 e. The van der Waals surface area contributed by atoms with Crippen molar-refractivity contribution < 1.29 is 17.9 Å². The quantitative estimate of drug-likeness (QED) is 0.750. The van der Waals surface area contributed by atoms with Crippen LogP contribution in [0.3, 0.4) is 0 Å². The maximum atomic E-state index is 12.4. The molecule has 0 saturated carbocycles. The Labute approximate surface area is 161 Å². The fraction of sp³-hybridized carbons (Fsp3) is 0.350. The van der Waals surface area contributed by atoms with E-state index in [1.807, 2.05) is 44.2 Å². The summed E-state index contributed by atoms with van der Waals surface area (Å²) in [4.78, 5) is 12.4. The average Bonchev–Trinajstić information content (AvgIpc) is 2.61. The summed E-state index contributed by atoms with van der Waals surface area (Å²) in [6.07, 6.45) is 1.95. The molecule has 0 aliphatic rings. The van der Waals surface area contributed by atoms with Gasteiger partial charge in [0.05, 0.1) is 19.1 Å². The number of hydrogen-bond donors (Lipinski definition) is 1. The lowest BCUT2D eigenvalue weighted by Crippen LogP contribution is -2.33. The van der Waals surface area contributed by atoms with Gasteiger partial charge in [-0.05, 0) is 42.7 Å². The highest BCUT2D eigenvalue weighted by molar-refractivity contribution is 7.92. The van der Waals surface area contributed by atoms with Crippen molar-refractivity contribution in [2.24, 2.45) is 0 Å². The molecule has 0 saturated heterocycles. The van der Waals surface area contributed by atoms with Crippen LogP contribution in [0.4, 0.5) is 11.4 Å². The predicted molar refractivity (Wildman–Crippen MR) is 109 cm³/mol. The fourth-order valence-corrected chi connectivity index (χ4v) is 3.75. The van der Waals surface area contributed by atoms with E-state index in [1.54, 1.807) is 12.1 Å². The third kappa shape index (κ3) is 5.47. The summed E-state index contributed by atoms with van der Waals surface area (Å²) in [7, 11) is -2.09. The molecule has 0 bridgehead atoms. The minimum atomic E-state index is -3.58. The van der Waals surface area contributed by atoms with Crippen LogP contribution >= 0.6 is 0 Å². The number of nitrogens with one attached hydrogen (secondary N) is 1. The molecule has 0 aliphatic carbocycles. The number of nitrogens with zero attached hydrogens (tertiary/aromatic N) is 1. The smallest absolute Gasteiger partial charge is 0.232 e. The number of sulfonamides is 1. The maximum absolute atomic E-state index is 12.4. The number of ether oxygens (including phenoxy) is 1. The fourth-order valence-electron chi connectivity index (χ4n) is 2.83. The summed E-state index contributed by atoms with van der Waals surface area (Å²) >= 11 is 0. The molecule has 0 fully saturated rings. The number of rotatable bonds is 8. The summed E-state index contributed by atoms with van der Waals surface area (Å²) in [5.74, 6) is 0.207. The SMILES string of the molecule is CCc1ccccc1NC(=O)CCN(c1cc(C)ccc1OC)S(C)(=O)=O. The van der Waals surface area contributed by atoms with Crippen molar-refractivity contribution in [2.45, 2.75) is 26.7 Å². The Hall–Kier alpha value is -2.54. The van der Waals surface area contributed by atoms with Crippen molar-refractivity contribution in [3.8, 4) is 5.75 Å². The molecular weight excluding hydrogens is 364 g/mol. The third-order valence-corrected chi connectivity index (χ3v) is 5.40. The molecule has 2 aromatic carbocycles. The van der Waals surface area contributed by atoms with Crippen LogP contribution in [0, 0.1) is 6.92 Å². The van der Waals surface area contributed by atoms with Gasteiger partial charge in [-0.1, -0.05) is 31.2 Å². The predicted octanol–water partition coefficient (Wildman–Crippen LogP) is 3.36. The normalized spacial score (nSPS) is 11.1. The number of para-hydroxylation sites is 1. The number of carbonyl (C=O) groups excluding carboxylic acids is 1. The molecule has 2 rings (SSSR count). The van der Waals surface area contributed by atoms with Crippen LogP contribution in [0.1, 0.15) is 24.5 Å². The lowest BCUT2D eigenvalue weighted by Gasteiger charge is -2.24. The van der Waals surface area contributed by atoms with Crippen LogP contribution in [-0.4, -0.2) is 34.2 Å². The second-order valence-electron chi connectivity index (χ2n) is 6.32. The van der Waals surface area contributed by atoms with Crippen molar-refractivity contribution in [1.82, 2.24) is 0 Å². The summed E-state index contributed by atoms with van der Waals surface area (Å²) in [5.41, 5.74) is 3.12. The van der Waals surface area contributed by atoms with Gasteiger partial charge < -0.3 is 10.1 Å². The van der Waals surface area contributed by atoms with Crippen LogP contribution in [0.15, 0.2) is 42.5 Å². The Morgan fingerprint density at radius 2 is 1.89 bits per heavy atom. The molecule has 2 aromatic rings. The molecule has 1 amide bonds. The Kier molecular flexibility index (Phi) is 6.85. The van der Waals surface area contributed by atoms with Gasteiger partial charge in [0.1, 0.15) is 5.75 Å². The number of amides is 1. The van der Waals surface area contributed by atoms with Crippen molar-refractivity contribution in [3.05, 3.63) is 53.6 Å². The first-order valence-electron chi connectivity index (χ1n) is 8.76. The molecule has 0 aromatic heterocycles. The molecule has 0 heterocycles. The zero-order chi connectivity index (χ0) is 20.0. The molecule has 0 unspecified atom stereocenters. The first-order chi connectivity index (χ1) is 12.8. The zero-order valence-electron chi connectivity index (χ0n) is 16.2. The van der Waals surface area contributed by atoms with Gasteiger partial charge in [0.2, 0.25) is 15.9 Å². The highest BCUT2D eigenvalue weighted by atomic mass is 32.2. The van der Waals surface area contributed by atoms with Crippen LogP contribution in [0.2, 0.25) is 0 Å². The van der Waals surface area contributed by atoms with Gasteiger partial charge in [-0.15, -0.1) is 0 Å². The van der Waals surface area contributed by atoms with Crippen molar-refractivity contribution in [2.75, 3.05) is 29.5 Å². The summed E-state index contributed by atoms with van der Waals surface area (Å²) in [6, 6.07) is 12.9. The molecule has 0 spiro atoms. The van der Waals surface area contributed by atoms with Gasteiger partial charge in [0.25, 0.3) is 0 Å². The Bertz CT molecular complexity index is 910. The average molecular weight is 391 g/mol. The summed E-state index contributed by atoms with van der Waals surface area (Å²) < 4.78 is 31.2. The summed E-state index contributed by atoms with van der Waals surface area (Å²) in [5, 5.41) is 2.87. The Balaban J connectivity index is 2.19. The second kappa shape index (κ2) is 8.90. The lowest BCUT2D eigenvalue weighted by molar-refractivity contribution is -0.116.